The average Bonchev–Trinajstić information content (AvgIpc) is 3.17. The van der Waals surface area contributed by atoms with Crippen LogP contribution in [0.3, 0.4) is 0 Å². The van der Waals surface area contributed by atoms with Gasteiger partial charge in [0.2, 0.25) is 11.8 Å². The Morgan fingerprint density at radius 1 is 1.15 bits per heavy atom. The van der Waals surface area contributed by atoms with Gasteiger partial charge in [0.05, 0.1) is 23.8 Å². The Kier molecular flexibility index (Phi) is 7.02. The second kappa shape index (κ2) is 10.1. The van der Waals surface area contributed by atoms with Crippen LogP contribution in [-0.2, 0) is 9.59 Å². The van der Waals surface area contributed by atoms with Crippen LogP contribution < -0.4 is 26.8 Å². The zero-order valence-electron chi connectivity index (χ0n) is 19.5. The van der Waals surface area contributed by atoms with Gasteiger partial charge in [0.25, 0.3) is 0 Å². The first-order valence-electron chi connectivity index (χ1n) is 11.6. The van der Waals surface area contributed by atoms with Gasteiger partial charge >= 0.3 is 5.69 Å². The molecule has 9 nitrogen and oxygen atoms in total. The zero-order valence-corrected chi connectivity index (χ0v) is 19.5. The number of amides is 2. The molecule has 0 aliphatic heterocycles. The molecule has 2 amide bonds. The lowest BCUT2D eigenvalue weighted by atomic mass is 9.85. The van der Waals surface area contributed by atoms with Crippen molar-refractivity contribution in [2.75, 3.05) is 24.3 Å². The molecule has 1 aromatic heterocycles. The summed E-state index contributed by atoms with van der Waals surface area (Å²) in [6.45, 7) is 2.21. The minimum absolute atomic E-state index is 0.0134. The number of aromatic amines is 1. The van der Waals surface area contributed by atoms with Crippen molar-refractivity contribution in [1.82, 2.24) is 9.55 Å². The Bertz CT molecular complexity index is 1250. The highest BCUT2D eigenvalue weighted by Crippen LogP contribution is 2.35. The highest BCUT2D eigenvalue weighted by Gasteiger charge is 2.29. The number of ether oxygens (including phenoxy) is 1. The number of imidazole rings is 1. The quantitative estimate of drug-likeness (QED) is 0.425. The number of rotatable bonds is 7. The van der Waals surface area contributed by atoms with Gasteiger partial charge in [-0.05, 0) is 56.4 Å². The van der Waals surface area contributed by atoms with Crippen LogP contribution in [0.15, 0.2) is 41.2 Å². The first-order valence-corrected chi connectivity index (χ1v) is 11.6. The second-order valence-electron chi connectivity index (χ2n) is 8.77. The van der Waals surface area contributed by atoms with Crippen LogP contribution in [0.5, 0.6) is 5.75 Å². The zero-order chi connectivity index (χ0) is 24.2. The summed E-state index contributed by atoms with van der Waals surface area (Å²) in [5.74, 6) is 0.413. The third-order valence-corrected chi connectivity index (χ3v) is 6.51. The van der Waals surface area contributed by atoms with Crippen molar-refractivity contribution in [3.63, 3.8) is 0 Å². The van der Waals surface area contributed by atoms with Crippen molar-refractivity contribution >= 4 is 34.2 Å². The normalized spacial score (nSPS) is 18.0. The summed E-state index contributed by atoms with van der Waals surface area (Å²) in [6.07, 6.45) is 3.01. The third kappa shape index (κ3) is 4.84. The van der Waals surface area contributed by atoms with Crippen LogP contribution in [-0.4, -0.2) is 35.0 Å². The molecule has 0 atom stereocenters. The van der Waals surface area contributed by atoms with Gasteiger partial charge in [0.1, 0.15) is 5.75 Å². The number of H-pyrrole nitrogens is 1. The molecule has 0 spiro atoms. The number of benzene rings is 2. The molecule has 1 aliphatic carbocycles. The standard InChI is InChI=1S/C25H31N5O4/c1-15-6-9-17(14-21(15)34-2)27-24(32)16-7-10-18(11-8-16)30-20-5-3-4-19(23(20)29-25(30)33)28-22(31)12-13-26/h3-6,9,14,16,18H,7-8,10-13,26H2,1-2H3,(H,27,32)(H,28,31)(H,29,33). The molecule has 1 aliphatic rings. The molecule has 5 N–H and O–H groups in total. The second-order valence-corrected chi connectivity index (χ2v) is 8.77. The summed E-state index contributed by atoms with van der Waals surface area (Å²) in [5.41, 5.74) is 8.88. The lowest BCUT2D eigenvalue weighted by Crippen LogP contribution is -2.31. The molecule has 1 fully saturated rings. The van der Waals surface area contributed by atoms with Crippen molar-refractivity contribution in [1.29, 1.82) is 0 Å². The predicted octanol–water partition coefficient (Wildman–Crippen LogP) is 3.30. The number of fused-ring (bicyclic) bond motifs is 1. The summed E-state index contributed by atoms with van der Waals surface area (Å²) in [7, 11) is 1.61. The van der Waals surface area contributed by atoms with Crippen LogP contribution in [0.25, 0.3) is 11.0 Å². The molecule has 180 valence electrons. The van der Waals surface area contributed by atoms with E-state index in [1.165, 1.54) is 0 Å². The van der Waals surface area contributed by atoms with E-state index in [2.05, 4.69) is 15.6 Å². The lowest BCUT2D eigenvalue weighted by molar-refractivity contribution is -0.121. The number of aryl methyl sites for hydroxylation is 1. The third-order valence-electron chi connectivity index (χ3n) is 6.51. The maximum atomic E-state index is 12.8. The number of carbonyl (C=O) groups is 2. The Morgan fingerprint density at radius 2 is 1.91 bits per heavy atom. The summed E-state index contributed by atoms with van der Waals surface area (Å²) in [4.78, 5) is 40.6. The molecule has 0 radical (unpaired) electrons. The van der Waals surface area contributed by atoms with Gasteiger partial charge in [0.15, 0.2) is 0 Å². The summed E-state index contributed by atoms with van der Waals surface area (Å²) in [5, 5.41) is 5.82. The highest BCUT2D eigenvalue weighted by molar-refractivity contribution is 5.99. The van der Waals surface area contributed by atoms with Gasteiger partial charge in [-0.2, -0.15) is 0 Å². The van der Waals surface area contributed by atoms with E-state index in [-0.39, 0.29) is 42.4 Å². The van der Waals surface area contributed by atoms with E-state index in [1.54, 1.807) is 17.7 Å². The number of anilines is 2. The van der Waals surface area contributed by atoms with Crippen LogP contribution in [0.2, 0.25) is 0 Å². The summed E-state index contributed by atoms with van der Waals surface area (Å²) in [6, 6.07) is 11.1. The van der Waals surface area contributed by atoms with Crippen molar-refractivity contribution in [3.8, 4) is 5.75 Å². The highest BCUT2D eigenvalue weighted by atomic mass is 16.5. The van der Waals surface area contributed by atoms with Gasteiger partial charge in [-0.15, -0.1) is 0 Å². The van der Waals surface area contributed by atoms with Crippen molar-refractivity contribution in [3.05, 3.63) is 52.4 Å². The molecule has 3 aromatic rings. The number of nitrogens with zero attached hydrogens (tertiary/aromatic N) is 1. The summed E-state index contributed by atoms with van der Waals surface area (Å²) >= 11 is 0. The van der Waals surface area contributed by atoms with Gasteiger partial charge < -0.3 is 26.1 Å². The number of methoxy groups -OCH3 is 1. The molecule has 2 aromatic carbocycles. The molecule has 34 heavy (non-hydrogen) atoms. The monoisotopic (exact) mass is 465 g/mol. The van der Waals surface area contributed by atoms with E-state index < -0.39 is 0 Å². The molecule has 1 heterocycles. The van der Waals surface area contributed by atoms with E-state index in [9.17, 15) is 14.4 Å². The number of para-hydroxylation sites is 1. The molecule has 9 heteroatoms. The largest absolute Gasteiger partial charge is 0.496 e. The van der Waals surface area contributed by atoms with Crippen molar-refractivity contribution in [2.24, 2.45) is 11.7 Å². The van der Waals surface area contributed by atoms with Gasteiger partial charge in [0, 0.05) is 36.7 Å². The minimum Gasteiger partial charge on any atom is -0.496 e. The topological polar surface area (TPSA) is 131 Å². The number of nitrogens with two attached hydrogens (primary N) is 1. The Hall–Kier alpha value is -3.59. The maximum Gasteiger partial charge on any atom is 0.326 e. The van der Waals surface area contributed by atoms with E-state index in [0.29, 0.717) is 42.6 Å². The van der Waals surface area contributed by atoms with Crippen molar-refractivity contribution in [2.45, 2.75) is 45.1 Å². The van der Waals surface area contributed by atoms with E-state index in [4.69, 9.17) is 10.5 Å². The lowest BCUT2D eigenvalue weighted by Gasteiger charge is -2.28. The van der Waals surface area contributed by atoms with E-state index in [0.717, 1.165) is 16.8 Å². The van der Waals surface area contributed by atoms with Crippen LogP contribution in [0.4, 0.5) is 11.4 Å². The van der Waals surface area contributed by atoms with Crippen molar-refractivity contribution < 1.29 is 14.3 Å². The fourth-order valence-electron chi connectivity index (χ4n) is 4.70. The fourth-order valence-corrected chi connectivity index (χ4v) is 4.70. The van der Waals surface area contributed by atoms with Crippen LogP contribution >= 0.6 is 0 Å². The molecule has 0 unspecified atom stereocenters. The van der Waals surface area contributed by atoms with Gasteiger partial charge in [-0.25, -0.2) is 4.79 Å². The smallest absolute Gasteiger partial charge is 0.326 e. The minimum atomic E-state index is -0.213. The Balaban J connectivity index is 1.45. The Labute approximate surface area is 197 Å². The predicted molar refractivity (Wildman–Crippen MR) is 132 cm³/mol. The maximum absolute atomic E-state index is 12.8. The molecule has 0 saturated heterocycles. The first kappa shape index (κ1) is 23.6. The number of aromatic nitrogens is 2. The number of nitrogens with one attached hydrogen (secondary N) is 3. The van der Waals surface area contributed by atoms with Gasteiger partial charge in [-0.3, -0.25) is 14.2 Å². The molecular formula is C25H31N5O4. The van der Waals surface area contributed by atoms with E-state index >= 15 is 0 Å². The SMILES string of the molecule is COc1cc(NC(=O)C2CCC(n3c(=O)[nH]c4c(NC(=O)CCN)cccc43)CC2)ccc1C. The first-order chi connectivity index (χ1) is 16.4. The molecular weight excluding hydrogens is 434 g/mol. The fraction of sp³-hybridized carbons (Fsp3) is 0.400. The van der Waals surface area contributed by atoms with Gasteiger partial charge in [-0.1, -0.05) is 12.1 Å². The number of hydrogen-bond acceptors (Lipinski definition) is 5. The number of hydrogen-bond donors (Lipinski definition) is 4. The average molecular weight is 466 g/mol. The van der Waals surface area contributed by atoms with Crippen LogP contribution in [0, 0.1) is 12.8 Å². The van der Waals surface area contributed by atoms with E-state index in [1.807, 2.05) is 37.3 Å². The number of carbonyl (C=O) groups excluding carboxylic acids is 2. The molecule has 4 rings (SSSR count). The molecule has 0 bridgehead atoms. The van der Waals surface area contributed by atoms with Crippen LogP contribution in [0.1, 0.15) is 43.7 Å². The Morgan fingerprint density at radius 3 is 2.62 bits per heavy atom. The summed E-state index contributed by atoms with van der Waals surface area (Å²) < 4.78 is 7.10. The molecule has 1 saturated carbocycles.